The van der Waals surface area contributed by atoms with Gasteiger partial charge in [-0.15, -0.1) is 0 Å². The first kappa shape index (κ1) is 32.0. The van der Waals surface area contributed by atoms with Gasteiger partial charge in [-0.2, -0.15) is 0 Å². The van der Waals surface area contributed by atoms with Gasteiger partial charge in [0.2, 0.25) is 0 Å². The topological polar surface area (TPSA) is 139 Å². The fourth-order valence-corrected chi connectivity index (χ4v) is 3.45. The maximum Gasteiger partial charge on any atom is 0.341 e. The Kier molecular flexibility index (Phi) is 12.9. The first-order valence-electron chi connectivity index (χ1n) is 12.5. The molecule has 9 heteroatoms. The van der Waals surface area contributed by atoms with Crippen molar-refractivity contribution in [2.24, 2.45) is 5.73 Å². The molecule has 0 aliphatic carbocycles. The summed E-state index contributed by atoms with van der Waals surface area (Å²) >= 11 is 0. The SMILES string of the molecule is C/C(=C(\C(=O)C(N)=O)c1ccccc1OCC(=O)O)N(C)C(C)(C)COc1ccccc1O.CCCCC. The van der Waals surface area contributed by atoms with Crippen molar-refractivity contribution >= 4 is 23.2 Å². The van der Waals surface area contributed by atoms with E-state index in [9.17, 15) is 19.5 Å². The second kappa shape index (κ2) is 15.3. The van der Waals surface area contributed by atoms with Crippen molar-refractivity contribution in [1.29, 1.82) is 0 Å². The smallest absolute Gasteiger partial charge is 0.341 e. The third-order valence-corrected chi connectivity index (χ3v) is 5.88. The van der Waals surface area contributed by atoms with E-state index in [0.717, 1.165) is 0 Å². The van der Waals surface area contributed by atoms with Crippen LogP contribution in [-0.4, -0.2) is 58.6 Å². The van der Waals surface area contributed by atoms with Crippen LogP contribution in [0.1, 0.15) is 59.4 Å². The van der Waals surface area contributed by atoms with Crippen LogP contribution in [0.25, 0.3) is 5.57 Å². The van der Waals surface area contributed by atoms with E-state index in [4.69, 9.17) is 20.3 Å². The van der Waals surface area contributed by atoms with Gasteiger partial charge in [-0.3, -0.25) is 9.59 Å². The highest BCUT2D eigenvalue weighted by molar-refractivity contribution is 6.53. The molecule has 2 rings (SSSR count). The van der Waals surface area contributed by atoms with Gasteiger partial charge in [-0.05, 0) is 39.0 Å². The molecule has 0 spiro atoms. The number of allylic oxidation sites excluding steroid dienone is 1. The number of hydrogen-bond donors (Lipinski definition) is 3. The molecule has 0 saturated heterocycles. The van der Waals surface area contributed by atoms with Crippen LogP contribution in [0.2, 0.25) is 0 Å². The van der Waals surface area contributed by atoms with Gasteiger partial charge in [-0.1, -0.05) is 63.4 Å². The molecule has 208 valence electrons. The largest absolute Gasteiger partial charge is 0.504 e. The number of unbranched alkanes of at least 4 members (excludes halogenated alkanes) is 2. The van der Waals surface area contributed by atoms with Crippen LogP contribution in [0.3, 0.4) is 0 Å². The number of Topliss-reactive ketones (excluding diaryl/α,β-unsaturated/α-hetero) is 1. The zero-order valence-electron chi connectivity index (χ0n) is 23.1. The number of carboxylic acid groups (broad SMARTS) is 1. The van der Waals surface area contributed by atoms with Gasteiger partial charge in [0.05, 0.1) is 11.1 Å². The van der Waals surface area contributed by atoms with Crippen molar-refractivity contribution in [2.75, 3.05) is 20.3 Å². The normalized spacial score (nSPS) is 11.4. The zero-order valence-corrected chi connectivity index (χ0v) is 23.1. The number of nitrogens with zero attached hydrogens (tertiary/aromatic N) is 1. The molecule has 0 atom stereocenters. The van der Waals surface area contributed by atoms with E-state index in [1.165, 1.54) is 31.4 Å². The Balaban J connectivity index is 0.00000132. The first-order chi connectivity index (χ1) is 17.9. The maximum absolute atomic E-state index is 12.8. The zero-order chi connectivity index (χ0) is 28.9. The molecule has 0 aromatic heterocycles. The minimum absolute atomic E-state index is 0.00248. The number of aliphatic carboxylic acids is 1. The Labute approximate surface area is 224 Å². The maximum atomic E-state index is 12.8. The van der Waals surface area contributed by atoms with E-state index in [2.05, 4.69) is 13.8 Å². The van der Waals surface area contributed by atoms with E-state index in [-0.39, 0.29) is 29.2 Å². The Morgan fingerprint density at radius 1 is 0.947 bits per heavy atom. The van der Waals surface area contributed by atoms with Crippen LogP contribution in [0.4, 0.5) is 0 Å². The van der Waals surface area contributed by atoms with E-state index < -0.39 is 29.8 Å². The lowest BCUT2D eigenvalue weighted by Gasteiger charge is -2.38. The molecule has 2 aromatic carbocycles. The molecular formula is C29H40N2O7. The Bertz CT molecular complexity index is 1120. The number of carboxylic acids is 1. The molecule has 2 aromatic rings. The second-order valence-electron chi connectivity index (χ2n) is 9.31. The number of carbonyl (C=O) groups excluding carboxylic acids is 2. The van der Waals surface area contributed by atoms with Crippen molar-refractivity contribution in [2.45, 2.75) is 59.4 Å². The number of hydrogen-bond acceptors (Lipinski definition) is 7. The summed E-state index contributed by atoms with van der Waals surface area (Å²) in [6.45, 7) is 9.29. The lowest BCUT2D eigenvalue weighted by Crippen LogP contribution is -2.45. The average molecular weight is 529 g/mol. The average Bonchev–Trinajstić information content (AvgIpc) is 2.88. The molecule has 0 fully saturated rings. The second-order valence-corrected chi connectivity index (χ2v) is 9.31. The molecule has 0 unspecified atom stereocenters. The highest BCUT2D eigenvalue weighted by Gasteiger charge is 2.31. The first-order valence-corrected chi connectivity index (χ1v) is 12.5. The van der Waals surface area contributed by atoms with Gasteiger partial charge in [0.25, 0.3) is 11.7 Å². The van der Waals surface area contributed by atoms with Gasteiger partial charge in [0.1, 0.15) is 12.4 Å². The van der Waals surface area contributed by atoms with Crippen molar-refractivity contribution in [1.82, 2.24) is 4.90 Å². The highest BCUT2D eigenvalue weighted by Crippen LogP contribution is 2.33. The Hall–Kier alpha value is -4.01. The number of carbonyl (C=O) groups is 3. The number of aromatic hydroxyl groups is 1. The molecule has 0 saturated carbocycles. The number of phenolic OH excluding ortho intramolecular Hbond substituents is 1. The minimum Gasteiger partial charge on any atom is -0.504 e. The summed E-state index contributed by atoms with van der Waals surface area (Å²) in [5.74, 6) is -2.86. The van der Waals surface area contributed by atoms with E-state index in [0.29, 0.717) is 11.4 Å². The number of rotatable bonds is 13. The summed E-state index contributed by atoms with van der Waals surface area (Å²) in [6.07, 6.45) is 4.08. The summed E-state index contributed by atoms with van der Waals surface area (Å²) in [6, 6.07) is 12.9. The fourth-order valence-electron chi connectivity index (χ4n) is 3.45. The molecule has 0 bridgehead atoms. The summed E-state index contributed by atoms with van der Waals surface area (Å²) in [7, 11) is 1.72. The van der Waals surface area contributed by atoms with Crippen molar-refractivity contribution in [3.63, 3.8) is 0 Å². The third kappa shape index (κ3) is 9.46. The molecule has 0 aliphatic rings. The van der Waals surface area contributed by atoms with Crippen LogP contribution in [0.15, 0.2) is 54.2 Å². The fraction of sp³-hybridized carbons (Fsp3) is 0.414. The number of likely N-dealkylation sites (N-methyl/N-ethyl adjacent to an activating group) is 1. The Morgan fingerprint density at radius 3 is 2.00 bits per heavy atom. The number of para-hydroxylation sites is 3. The van der Waals surface area contributed by atoms with Gasteiger partial charge in [-0.25, -0.2) is 4.79 Å². The predicted octanol–water partition coefficient (Wildman–Crippen LogP) is 4.63. The number of nitrogens with two attached hydrogens (primary N) is 1. The predicted molar refractivity (Wildman–Crippen MR) is 147 cm³/mol. The number of primary amides is 1. The molecule has 38 heavy (non-hydrogen) atoms. The van der Waals surface area contributed by atoms with Crippen LogP contribution in [0, 0.1) is 0 Å². The van der Waals surface area contributed by atoms with E-state index in [1.807, 2.05) is 13.8 Å². The summed E-state index contributed by atoms with van der Waals surface area (Å²) < 4.78 is 11.1. The number of amides is 1. The van der Waals surface area contributed by atoms with E-state index in [1.54, 1.807) is 55.3 Å². The summed E-state index contributed by atoms with van der Waals surface area (Å²) in [5.41, 5.74) is 5.24. The van der Waals surface area contributed by atoms with Crippen LogP contribution < -0.4 is 15.2 Å². The number of benzene rings is 2. The van der Waals surface area contributed by atoms with Crippen LogP contribution in [0.5, 0.6) is 17.2 Å². The lowest BCUT2D eigenvalue weighted by molar-refractivity contribution is -0.139. The lowest BCUT2D eigenvalue weighted by atomic mass is 9.95. The molecule has 9 nitrogen and oxygen atoms in total. The number of ketones is 1. The van der Waals surface area contributed by atoms with Crippen molar-refractivity contribution < 1.29 is 34.1 Å². The van der Waals surface area contributed by atoms with Crippen molar-refractivity contribution in [3.8, 4) is 17.2 Å². The van der Waals surface area contributed by atoms with Crippen LogP contribution >= 0.6 is 0 Å². The molecule has 0 heterocycles. The van der Waals surface area contributed by atoms with Crippen LogP contribution in [-0.2, 0) is 14.4 Å². The quantitative estimate of drug-likeness (QED) is 0.253. The molecule has 0 aliphatic heterocycles. The van der Waals surface area contributed by atoms with Gasteiger partial charge >= 0.3 is 5.97 Å². The Morgan fingerprint density at radius 2 is 1.50 bits per heavy atom. The summed E-state index contributed by atoms with van der Waals surface area (Å²) in [4.78, 5) is 37.4. The number of phenols is 1. The minimum atomic E-state index is -1.19. The monoisotopic (exact) mass is 528 g/mol. The summed E-state index contributed by atoms with van der Waals surface area (Å²) in [5, 5.41) is 18.9. The van der Waals surface area contributed by atoms with Gasteiger partial charge in [0.15, 0.2) is 18.1 Å². The molecule has 0 radical (unpaired) electrons. The van der Waals surface area contributed by atoms with Crippen molar-refractivity contribution in [3.05, 3.63) is 59.8 Å². The van der Waals surface area contributed by atoms with E-state index >= 15 is 0 Å². The molecule has 1 amide bonds. The number of ether oxygens (including phenoxy) is 2. The molecular weight excluding hydrogens is 488 g/mol. The van der Waals surface area contributed by atoms with Gasteiger partial charge < -0.3 is 30.3 Å². The third-order valence-electron chi connectivity index (χ3n) is 5.88. The molecule has 4 N–H and O–H groups in total. The standard InChI is InChI=1S/C24H28N2O7.C5H12/c1-15(26(4)24(2,3)14-33-19-12-8-6-10-17(19)27)21(22(30)23(25)31)16-9-5-7-11-18(16)32-13-20(28)29;1-3-5-4-2/h5-12,27H,13-14H2,1-4H3,(H2,25,31)(H,28,29);3-5H2,1-2H3/b21-15+;. The van der Waals surface area contributed by atoms with Gasteiger partial charge in [0, 0.05) is 18.3 Å². The highest BCUT2D eigenvalue weighted by atomic mass is 16.5.